The lowest BCUT2D eigenvalue weighted by atomic mass is 10.0. The molecule has 0 spiro atoms. The van der Waals surface area contributed by atoms with E-state index in [-0.39, 0.29) is 24.0 Å². The second-order valence-corrected chi connectivity index (χ2v) is 8.27. The number of benzene rings is 1. The van der Waals surface area contributed by atoms with E-state index in [9.17, 15) is 13.2 Å². The highest BCUT2D eigenvalue weighted by atomic mass is 35.5. The van der Waals surface area contributed by atoms with E-state index in [1.165, 1.54) is 0 Å². The summed E-state index contributed by atoms with van der Waals surface area (Å²) < 4.78 is 28.4. The van der Waals surface area contributed by atoms with Gasteiger partial charge in [-0.15, -0.1) is 0 Å². The molecule has 1 aromatic carbocycles. The Kier molecular flexibility index (Phi) is 4.49. The summed E-state index contributed by atoms with van der Waals surface area (Å²) in [6.07, 6.45) is 0.432. The first-order valence-corrected chi connectivity index (χ1v) is 8.79. The molecule has 7 heteroatoms. The molecule has 0 saturated carbocycles. The van der Waals surface area contributed by atoms with Gasteiger partial charge in [-0.05, 0) is 44.0 Å². The number of halogens is 1. The van der Waals surface area contributed by atoms with Gasteiger partial charge in [0.25, 0.3) is 5.91 Å². The van der Waals surface area contributed by atoms with E-state index >= 15 is 0 Å². The van der Waals surface area contributed by atoms with Gasteiger partial charge >= 0.3 is 0 Å². The number of aryl methyl sites for hydroxylation is 1. The van der Waals surface area contributed by atoms with Crippen molar-refractivity contribution in [2.75, 3.05) is 18.1 Å². The number of amides is 1. The van der Waals surface area contributed by atoms with Crippen molar-refractivity contribution in [3.63, 3.8) is 0 Å². The fourth-order valence-electron chi connectivity index (χ4n) is 2.40. The van der Waals surface area contributed by atoms with Crippen LogP contribution in [0.2, 0.25) is 5.02 Å². The van der Waals surface area contributed by atoms with Gasteiger partial charge < -0.3 is 10.1 Å². The molecule has 1 heterocycles. The molecule has 1 fully saturated rings. The Morgan fingerprint density at radius 3 is 2.76 bits per heavy atom. The SMILES string of the molecule is Cc1cc(Cl)ccc1OCC(=O)NC1(C)CCS(=O)(=O)C1. The van der Waals surface area contributed by atoms with Crippen LogP contribution < -0.4 is 10.1 Å². The average molecular weight is 332 g/mol. The lowest BCUT2D eigenvalue weighted by Gasteiger charge is -2.23. The predicted molar refractivity (Wildman–Crippen MR) is 81.5 cm³/mol. The molecule has 0 bridgehead atoms. The summed E-state index contributed by atoms with van der Waals surface area (Å²) in [5.41, 5.74) is 0.138. The van der Waals surface area contributed by atoms with Gasteiger partial charge in [-0.2, -0.15) is 0 Å². The van der Waals surface area contributed by atoms with Crippen molar-refractivity contribution in [2.45, 2.75) is 25.8 Å². The number of ether oxygens (including phenoxy) is 1. The summed E-state index contributed by atoms with van der Waals surface area (Å²) in [4.78, 5) is 11.9. The van der Waals surface area contributed by atoms with Gasteiger partial charge in [0.05, 0.1) is 17.0 Å². The minimum atomic E-state index is -3.05. The molecule has 1 atom stereocenters. The van der Waals surface area contributed by atoms with E-state index in [1.807, 2.05) is 6.92 Å². The molecule has 1 saturated heterocycles. The fourth-order valence-corrected chi connectivity index (χ4v) is 4.72. The predicted octanol–water partition coefficient (Wildman–Crippen LogP) is 1.72. The maximum absolute atomic E-state index is 11.9. The molecule has 1 unspecified atom stereocenters. The minimum absolute atomic E-state index is 0.0221. The second kappa shape index (κ2) is 5.85. The minimum Gasteiger partial charge on any atom is -0.484 e. The first-order valence-electron chi connectivity index (χ1n) is 6.60. The molecule has 1 amide bonds. The Balaban J connectivity index is 1.91. The maximum Gasteiger partial charge on any atom is 0.258 e. The summed E-state index contributed by atoms with van der Waals surface area (Å²) in [5.74, 6) is 0.342. The van der Waals surface area contributed by atoms with Crippen molar-refractivity contribution in [3.05, 3.63) is 28.8 Å². The molecule has 1 aliphatic heterocycles. The number of hydrogen-bond acceptors (Lipinski definition) is 4. The van der Waals surface area contributed by atoms with Crippen molar-refractivity contribution in [1.82, 2.24) is 5.32 Å². The van der Waals surface area contributed by atoms with Gasteiger partial charge in [0, 0.05) is 5.02 Å². The van der Waals surface area contributed by atoms with Crippen LogP contribution in [0.4, 0.5) is 0 Å². The van der Waals surface area contributed by atoms with Gasteiger partial charge in [0.2, 0.25) is 0 Å². The van der Waals surface area contributed by atoms with Gasteiger partial charge in [-0.1, -0.05) is 11.6 Å². The van der Waals surface area contributed by atoms with Crippen LogP contribution in [0.3, 0.4) is 0 Å². The first kappa shape index (κ1) is 16.1. The van der Waals surface area contributed by atoms with Crippen LogP contribution in [0.15, 0.2) is 18.2 Å². The molecule has 1 N–H and O–H groups in total. The largest absolute Gasteiger partial charge is 0.484 e. The Morgan fingerprint density at radius 2 is 2.19 bits per heavy atom. The molecule has 1 aromatic rings. The Bertz CT molecular complexity index is 659. The first-order chi connectivity index (χ1) is 9.69. The molecular weight excluding hydrogens is 314 g/mol. The van der Waals surface area contributed by atoms with Crippen LogP contribution in [0.5, 0.6) is 5.75 Å². The van der Waals surface area contributed by atoms with Crippen LogP contribution in [-0.4, -0.2) is 38.0 Å². The third-order valence-corrected chi connectivity index (χ3v) is 5.58. The van der Waals surface area contributed by atoms with E-state index < -0.39 is 15.4 Å². The molecule has 0 radical (unpaired) electrons. The molecule has 21 heavy (non-hydrogen) atoms. The highest BCUT2D eigenvalue weighted by Crippen LogP contribution is 2.23. The molecule has 5 nitrogen and oxygen atoms in total. The van der Waals surface area contributed by atoms with E-state index in [0.29, 0.717) is 17.2 Å². The van der Waals surface area contributed by atoms with Gasteiger partial charge in [0.1, 0.15) is 5.75 Å². The van der Waals surface area contributed by atoms with Crippen molar-refractivity contribution >= 4 is 27.3 Å². The van der Waals surface area contributed by atoms with Crippen molar-refractivity contribution in [2.24, 2.45) is 0 Å². The Morgan fingerprint density at radius 1 is 1.48 bits per heavy atom. The van der Waals surface area contributed by atoms with Crippen molar-refractivity contribution < 1.29 is 17.9 Å². The maximum atomic E-state index is 11.9. The fraction of sp³-hybridized carbons (Fsp3) is 0.500. The van der Waals surface area contributed by atoms with Crippen molar-refractivity contribution in [3.8, 4) is 5.75 Å². The third kappa shape index (κ3) is 4.35. The van der Waals surface area contributed by atoms with Gasteiger partial charge in [-0.25, -0.2) is 8.42 Å². The molecular formula is C14H18ClNO4S. The zero-order valence-corrected chi connectivity index (χ0v) is 13.6. The normalized spacial score (nSPS) is 23.8. The molecule has 2 rings (SSSR count). The summed E-state index contributed by atoms with van der Waals surface area (Å²) in [7, 11) is -3.05. The Labute approximate surface area is 129 Å². The third-order valence-electron chi connectivity index (χ3n) is 3.44. The number of rotatable bonds is 4. The zero-order valence-electron chi connectivity index (χ0n) is 12.0. The molecule has 116 valence electrons. The van der Waals surface area contributed by atoms with Crippen LogP contribution >= 0.6 is 11.6 Å². The number of carbonyl (C=O) groups is 1. The van der Waals surface area contributed by atoms with Crippen LogP contribution in [0, 0.1) is 6.92 Å². The topological polar surface area (TPSA) is 72.5 Å². The van der Waals surface area contributed by atoms with Gasteiger partial charge in [-0.3, -0.25) is 4.79 Å². The molecule has 0 aliphatic carbocycles. The number of sulfone groups is 1. The van der Waals surface area contributed by atoms with Crippen molar-refractivity contribution in [1.29, 1.82) is 0 Å². The summed E-state index contributed by atoms with van der Waals surface area (Å²) in [5, 5.41) is 3.35. The van der Waals surface area contributed by atoms with E-state index in [4.69, 9.17) is 16.3 Å². The lowest BCUT2D eigenvalue weighted by molar-refractivity contribution is -0.124. The van der Waals surface area contributed by atoms with Crippen LogP contribution in [-0.2, 0) is 14.6 Å². The smallest absolute Gasteiger partial charge is 0.258 e. The highest BCUT2D eigenvalue weighted by molar-refractivity contribution is 7.91. The standard InChI is InChI=1S/C14H18ClNO4S/c1-10-7-11(15)3-4-12(10)20-8-13(17)16-14(2)5-6-21(18,19)9-14/h3-4,7H,5-6,8-9H2,1-2H3,(H,16,17). The van der Waals surface area contributed by atoms with Crippen LogP contribution in [0.25, 0.3) is 0 Å². The Hall–Kier alpha value is -1.27. The van der Waals surface area contributed by atoms with E-state index in [0.717, 1.165) is 5.56 Å². The summed E-state index contributed by atoms with van der Waals surface area (Å²) in [6, 6.07) is 5.14. The number of hydrogen-bond donors (Lipinski definition) is 1. The second-order valence-electron chi connectivity index (χ2n) is 5.65. The monoisotopic (exact) mass is 331 g/mol. The summed E-state index contributed by atoms with van der Waals surface area (Å²) >= 11 is 5.85. The van der Waals surface area contributed by atoms with E-state index in [1.54, 1.807) is 25.1 Å². The van der Waals surface area contributed by atoms with E-state index in [2.05, 4.69) is 5.32 Å². The summed E-state index contributed by atoms with van der Waals surface area (Å²) in [6.45, 7) is 3.42. The van der Waals surface area contributed by atoms with Gasteiger partial charge in [0.15, 0.2) is 16.4 Å². The lowest BCUT2D eigenvalue weighted by Crippen LogP contribution is -2.48. The zero-order chi connectivity index (χ0) is 15.7. The molecule has 0 aromatic heterocycles. The average Bonchev–Trinajstić information content (AvgIpc) is 2.62. The highest BCUT2D eigenvalue weighted by Gasteiger charge is 2.39. The number of carbonyl (C=O) groups excluding carboxylic acids is 1. The quantitative estimate of drug-likeness (QED) is 0.911. The number of nitrogens with one attached hydrogen (secondary N) is 1. The molecule has 1 aliphatic rings. The van der Waals surface area contributed by atoms with Crippen LogP contribution in [0.1, 0.15) is 18.9 Å².